The van der Waals surface area contributed by atoms with Crippen LogP contribution in [-0.2, 0) is 31.9 Å². The predicted molar refractivity (Wildman–Crippen MR) is 117 cm³/mol. The average molecular weight is 447 g/mol. The SMILES string of the molecule is CC(C)(C)c1cc(C=N[C@H](CO)C(C)(C)C)c(O)c(C(C)(C)C)c1.CCO.[O]=[V]. The Hall–Kier alpha value is -1.01. The Balaban J connectivity index is 0. The quantitative estimate of drug-likeness (QED) is 0.588. The van der Waals surface area contributed by atoms with Crippen LogP contribution in [0, 0.1) is 5.41 Å². The fourth-order valence-corrected chi connectivity index (χ4v) is 2.47. The summed E-state index contributed by atoms with van der Waals surface area (Å²) in [5.41, 5.74) is 2.51. The van der Waals surface area contributed by atoms with Gasteiger partial charge in [-0.15, -0.1) is 0 Å². The number of aliphatic hydroxyl groups excluding tert-OH is 2. The molecule has 1 aromatic rings. The van der Waals surface area contributed by atoms with Gasteiger partial charge in [-0.05, 0) is 34.8 Å². The van der Waals surface area contributed by atoms with Crippen LogP contribution in [0.2, 0.25) is 0 Å². The molecule has 1 atom stereocenters. The fourth-order valence-electron chi connectivity index (χ4n) is 2.47. The van der Waals surface area contributed by atoms with Gasteiger partial charge in [-0.1, -0.05) is 68.4 Å². The number of nitrogens with zero attached hydrogens (tertiary/aromatic N) is 1. The van der Waals surface area contributed by atoms with Crippen LogP contribution in [-0.4, -0.2) is 40.8 Å². The molecule has 0 saturated heterocycles. The molecule has 0 radical (unpaired) electrons. The Bertz CT molecular complexity index is 638. The van der Waals surface area contributed by atoms with E-state index in [1.807, 2.05) is 6.07 Å². The first kappa shape index (κ1) is 30.2. The number of rotatable bonds is 3. The molecule has 167 valence electrons. The van der Waals surface area contributed by atoms with E-state index in [9.17, 15) is 10.2 Å². The van der Waals surface area contributed by atoms with Crippen LogP contribution < -0.4 is 0 Å². The molecule has 0 heterocycles. The van der Waals surface area contributed by atoms with Crippen LogP contribution in [0.5, 0.6) is 5.75 Å². The molecular weight excluding hydrogens is 405 g/mol. The number of hydrogen-bond acceptors (Lipinski definition) is 5. The molecule has 0 aliphatic rings. The zero-order valence-corrected chi connectivity index (χ0v) is 21.3. The first-order valence-corrected chi connectivity index (χ1v) is 10.5. The zero-order valence-electron chi connectivity index (χ0n) is 19.9. The van der Waals surface area contributed by atoms with Gasteiger partial charge in [0, 0.05) is 23.9 Å². The molecule has 0 spiro atoms. The maximum atomic E-state index is 10.7. The van der Waals surface area contributed by atoms with Crippen molar-refractivity contribution in [3.05, 3.63) is 28.8 Å². The van der Waals surface area contributed by atoms with E-state index in [4.69, 9.17) is 8.78 Å². The van der Waals surface area contributed by atoms with E-state index < -0.39 is 0 Å². The summed E-state index contributed by atoms with van der Waals surface area (Å²) in [6.45, 7) is 20.9. The Morgan fingerprint density at radius 1 is 0.966 bits per heavy atom. The van der Waals surface area contributed by atoms with E-state index in [0.29, 0.717) is 0 Å². The van der Waals surface area contributed by atoms with E-state index in [1.54, 1.807) is 13.1 Å². The van der Waals surface area contributed by atoms with Gasteiger partial charge in [0.15, 0.2) is 0 Å². The van der Waals surface area contributed by atoms with Gasteiger partial charge < -0.3 is 15.3 Å². The molecule has 0 amide bonds. The monoisotopic (exact) mass is 446 g/mol. The number of hydrogen-bond donors (Lipinski definition) is 3. The second-order valence-corrected chi connectivity index (χ2v) is 10.1. The predicted octanol–water partition coefficient (Wildman–Crippen LogP) is 4.69. The normalized spacial score (nSPS) is 13.2. The molecule has 0 aliphatic heterocycles. The summed E-state index contributed by atoms with van der Waals surface area (Å²) in [6, 6.07) is 3.90. The number of aliphatic hydroxyl groups is 2. The molecule has 0 fully saturated rings. The summed E-state index contributed by atoms with van der Waals surface area (Å²) in [4.78, 5) is 4.56. The van der Waals surface area contributed by atoms with Crippen molar-refractivity contribution in [3.63, 3.8) is 0 Å². The third-order valence-corrected chi connectivity index (χ3v) is 4.38. The molecule has 5 nitrogen and oxygen atoms in total. The number of benzene rings is 1. The minimum absolute atomic E-state index is 0.00808. The summed E-state index contributed by atoms with van der Waals surface area (Å²) in [5, 5.41) is 27.9. The van der Waals surface area contributed by atoms with Gasteiger partial charge in [-0.25, -0.2) is 0 Å². The third kappa shape index (κ3) is 10.5. The molecule has 0 bridgehead atoms. The van der Waals surface area contributed by atoms with Crippen LogP contribution >= 0.6 is 0 Å². The van der Waals surface area contributed by atoms with Crippen molar-refractivity contribution in [1.29, 1.82) is 0 Å². The zero-order chi connectivity index (χ0) is 23.6. The number of phenolic OH excluding ortho intramolecular Hbond substituents is 1. The molecule has 1 aromatic carbocycles. The first-order chi connectivity index (χ1) is 13.1. The number of aliphatic imine (C=N–C) groups is 1. The third-order valence-electron chi connectivity index (χ3n) is 4.38. The molecule has 0 unspecified atom stereocenters. The van der Waals surface area contributed by atoms with E-state index in [0.717, 1.165) is 28.5 Å². The molecule has 29 heavy (non-hydrogen) atoms. The first-order valence-electron chi connectivity index (χ1n) is 9.90. The topological polar surface area (TPSA) is 90.1 Å². The van der Waals surface area contributed by atoms with Gasteiger partial charge >= 0.3 is 21.0 Å². The van der Waals surface area contributed by atoms with Crippen molar-refractivity contribution in [2.75, 3.05) is 13.2 Å². The van der Waals surface area contributed by atoms with Crippen molar-refractivity contribution in [3.8, 4) is 5.75 Å². The molecule has 1 rings (SSSR count). The van der Waals surface area contributed by atoms with Crippen molar-refractivity contribution in [2.24, 2.45) is 10.4 Å². The van der Waals surface area contributed by atoms with Gasteiger partial charge in [0.2, 0.25) is 0 Å². The Morgan fingerprint density at radius 2 is 1.41 bits per heavy atom. The number of phenols is 1. The van der Waals surface area contributed by atoms with Crippen molar-refractivity contribution < 1.29 is 36.4 Å². The molecule has 3 N–H and O–H groups in total. The van der Waals surface area contributed by atoms with E-state index in [-0.39, 0.29) is 41.3 Å². The van der Waals surface area contributed by atoms with Gasteiger partial charge in [0.1, 0.15) is 5.75 Å². The van der Waals surface area contributed by atoms with Gasteiger partial charge in [-0.2, -0.15) is 0 Å². The molecule has 6 heteroatoms. The fraction of sp³-hybridized carbons (Fsp3) is 0.696. The van der Waals surface area contributed by atoms with Crippen molar-refractivity contribution in [2.45, 2.75) is 86.1 Å². The molecular formula is C23H41NO4V. The van der Waals surface area contributed by atoms with Crippen LogP contribution in [0.1, 0.15) is 85.9 Å². The minimum atomic E-state index is -0.201. The summed E-state index contributed by atoms with van der Waals surface area (Å²) in [6.07, 6.45) is 1.71. The van der Waals surface area contributed by atoms with Crippen molar-refractivity contribution in [1.82, 2.24) is 0 Å². The average Bonchev–Trinajstić information content (AvgIpc) is 2.56. The summed E-state index contributed by atoms with van der Waals surface area (Å²) >= 11 is 1.06. The second kappa shape index (κ2) is 12.6. The summed E-state index contributed by atoms with van der Waals surface area (Å²) in [5.74, 6) is 0.282. The maximum absolute atomic E-state index is 10.7. The van der Waals surface area contributed by atoms with E-state index in [1.165, 1.54) is 5.56 Å². The molecule has 0 aromatic heterocycles. The van der Waals surface area contributed by atoms with Gasteiger partial charge in [0.05, 0.1) is 12.6 Å². The van der Waals surface area contributed by atoms with E-state index in [2.05, 4.69) is 73.4 Å². The van der Waals surface area contributed by atoms with Gasteiger partial charge in [-0.3, -0.25) is 4.99 Å². The number of aromatic hydroxyl groups is 1. The Kier molecular flexibility index (Phi) is 13.2. The van der Waals surface area contributed by atoms with Crippen LogP contribution in [0.15, 0.2) is 17.1 Å². The van der Waals surface area contributed by atoms with Crippen LogP contribution in [0.4, 0.5) is 0 Å². The molecule has 0 saturated carbocycles. The standard InChI is InChI=1S/C21H35NO2.C2H6O.O.V/c1-19(2,3)15-10-14(12-22-17(13-23)21(7,8)9)18(24)16(11-15)20(4,5)6;1-2-3;;/h10-12,17,23-24H,13H2,1-9H3;3H,2H2,1H3;;/t17-;;;/m1.../s1. The Morgan fingerprint density at radius 3 is 1.72 bits per heavy atom. The van der Waals surface area contributed by atoms with Gasteiger partial charge in [0.25, 0.3) is 0 Å². The second-order valence-electron chi connectivity index (χ2n) is 10.1. The van der Waals surface area contributed by atoms with Crippen LogP contribution in [0.25, 0.3) is 0 Å². The van der Waals surface area contributed by atoms with Crippen LogP contribution in [0.3, 0.4) is 0 Å². The summed E-state index contributed by atoms with van der Waals surface area (Å²) in [7, 11) is 0. The Labute approximate surface area is 186 Å². The molecule has 0 aliphatic carbocycles. The summed E-state index contributed by atoms with van der Waals surface area (Å²) < 4.78 is 8.19. The van der Waals surface area contributed by atoms with E-state index >= 15 is 0 Å². The van der Waals surface area contributed by atoms with Crippen molar-refractivity contribution >= 4 is 6.21 Å².